The molecular weight excluding hydrogens is 379 g/mol. The first-order chi connectivity index (χ1) is 14.4. The van der Waals surface area contributed by atoms with Crippen LogP contribution in [0, 0.1) is 5.92 Å². The zero-order valence-corrected chi connectivity index (χ0v) is 17.7. The first kappa shape index (κ1) is 22.0. The predicted octanol–water partition coefficient (Wildman–Crippen LogP) is 3.51. The lowest BCUT2D eigenvalue weighted by atomic mass is 9.99. The molecule has 2 aliphatic rings. The molecular formula is C24H31FN4O. The second-order valence-electron chi connectivity index (χ2n) is 8.02. The Morgan fingerprint density at radius 2 is 2.10 bits per heavy atom. The number of pyridine rings is 1. The quantitative estimate of drug-likeness (QED) is 0.654. The molecule has 160 valence electrons. The van der Waals surface area contributed by atoms with Crippen molar-refractivity contribution in [1.82, 2.24) is 20.5 Å². The van der Waals surface area contributed by atoms with Crippen LogP contribution in [0.15, 0.2) is 31.9 Å². The van der Waals surface area contributed by atoms with Crippen molar-refractivity contribution >= 4 is 29.8 Å². The number of halogens is 1. The first-order valence-corrected chi connectivity index (χ1v) is 10.5. The van der Waals surface area contributed by atoms with Crippen molar-refractivity contribution in [3.63, 3.8) is 0 Å². The summed E-state index contributed by atoms with van der Waals surface area (Å²) in [4.78, 5) is 18.3. The van der Waals surface area contributed by atoms with Crippen LogP contribution in [0.1, 0.15) is 41.8 Å². The first-order valence-electron chi connectivity index (χ1n) is 10.5. The van der Waals surface area contributed by atoms with E-state index in [0.29, 0.717) is 36.6 Å². The largest absolute Gasteiger partial charge is 0.379 e. The molecule has 2 unspecified atom stereocenters. The van der Waals surface area contributed by atoms with Crippen LogP contribution in [0.5, 0.6) is 0 Å². The summed E-state index contributed by atoms with van der Waals surface area (Å²) >= 11 is 0. The molecule has 2 atom stereocenters. The number of hydrogen-bond acceptors (Lipinski definition) is 4. The van der Waals surface area contributed by atoms with Gasteiger partial charge in [0.15, 0.2) is 0 Å². The van der Waals surface area contributed by atoms with Gasteiger partial charge in [-0.15, -0.1) is 0 Å². The highest BCUT2D eigenvalue weighted by molar-refractivity contribution is 5.81. The Balaban J connectivity index is 1.75. The predicted molar refractivity (Wildman–Crippen MR) is 122 cm³/mol. The minimum atomic E-state index is -0.956. The highest BCUT2D eigenvalue weighted by Crippen LogP contribution is 2.28. The number of aromatic nitrogens is 1. The van der Waals surface area contributed by atoms with Gasteiger partial charge in [-0.25, -0.2) is 9.37 Å². The second kappa shape index (κ2) is 9.85. The molecule has 1 aromatic heterocycles. The van der Waals surface area contributed by atoms with Gasteiger partial charge in [-0.2, -0.15) is 0 Å². The van der Waals surface area contributed by atoms with Crippen LogP contribution in [0.25, 0.3) is 23.9 Å². The molecule has 6 heteroatoms. The van der Waals surface area contributed by atoms with Crippen molar-refractivity contribution in [2.45, 2.75) is 31.5 Å². The molecule has 3 rings (SSSR count). The van der Waals surface area contributed by atoms with Gasteiger partial charge in [0.1, 0.15) is 6.17 Å². The zero-order valence-electron chi connectivity index (χ0n) is 17.7. The van der Waals surface area contributed by atoms with Crippen molar-refractivity contribution in [3.05, 3.63) is 54.4 Å². The van der Waals surface area contributed by atoms with Gasteiger partial charge in [-0.3, -0.25) is 4.79 Å². The molecule has 1 aromatic rings. The van der Waals surface area contributed by atoms with Crippen molar-refractivity contribution in [1.29, 1.82) is 0 Å². The highest BCUT2D eigenvalue weighted by Gasteiger charge is 2.29. The summed E-state index contributed by atoms with van der Waals surface area (Å²) in [6.45, 7) is 13.6. The maximum atomic E-state index is 14.5. The summed E-state index contributed by atoms with van der Waals surface area (Å²) in [5, 5.41) is 6.17. The molecule has 2 N–H and O–H groups in total. The van der Waals surface area contributed by atoms with Gasteiger partial charge in [0.2, 0.25) is 5.91 Å². The van der Waals surface area contributed by atoms with Gasteiger partial charge in [-0.05, 0) is 44.5 Å². The van der Waals surface area contributed by atoms with E-state index in [1.807, 2.05) is 30.2 Å². The number of nitrogens with zero attached hydrogens (tertiary/aromatic N) is 2. The van der Waals surface area contributed by atoms with E-state index < -0.39 is 6.17 Å². The fourth-order valence-corrected chi connectivity index (χ4v) is 3.65. The van der Waals surface area contributed by atoms with Crippen molar-refractivity contribution in [2.24, 2.45) is 5.92 Å². The molecule has 30 heavy (non-hydrogen) atoms. The van der Waals surface area contributed by atoms with E-state index in [2.05, 4.69) is 35.4 Å². The average Bonchev–Trinajstić information content (AvgIpc) is 3.57. The van der Waals surface area contributed by atoms with Gasteiger partial charge >= 0.3 is 0 Å². The topological polar surface area (TPSA) is 57.3 Å². The normalized spacial score (nSPS) is 21.9. The van der Waals surface area contributed by atoms with Gasteiger partial charge in [0.25, 0.3) is 0 Å². The molecule has 0 aromatic carbocycles. The lowest BCUT2D eigenvalue weighted by Gasteiger charge is -2.34. The highest BCUT2D eigenvalue weighted by atomic mass is 19.1. The van der Waals surface area contributed by atoms with Gasteiger partial charge in [0, 0.05) is 42.4 Å². The number of alkyl halides is 1. The maximum absolute atomic E-state index is 14.5. The molecule has 2 heterocycles. The van der Waals surface area contributed by atoms with E-state index in [0.717, 1.165) is 30.5 Å². The standard InChI is InChI=1S/C24H31FN4O/c1-5-19-20(16(3)27-23-11-13-29(4)15-21(23)25)14-18(28-22(19)6-2)8-7-12-26-24(30)17-9-10-17/h5-8,14,17,21,23,27H,1-3,9-13,15H2,4H3,(H,26,30)/b8-7+. The number of rotatable bonds is 9. The van der Waals surface area contributed by atoms with Crippen molar-refractivity contribution in [2.75, 3.05) is 26.7 Å². The molecule has 1 saturated carbocycles. The number of nitrogens with one attached hydrogen (secondary N) is 2. The Hall–Kier alpha value is -2.73. The van der Waals surface area contributed by atoms with Gasteiger partial charge in [0.05, 0.1) is 17.4 Å². The Bertz CT molecular complexity index is 859. The number of amides is 1. The van der Waals surface area contributed by atoms with E-state index >= 15 is 0 Å². The monoisotopic (exact) mass is 410 g/mol. The third-order valence-corrected chi connectivity index (χ3v) is 5.57. The van der Waals surface area contributed by atoms with E-state index in [9.17, 15) is 9.18 Å². The smallest absolute Gasteiger partial charge is 0.223 e. The van der Waals surface area contributed by atoms with Crippen LogP contribution in [0.3, 0.4) is 0 Å². The van der Waals surface area contributed by atoms with Crippen LogP contribution >= 0.6 is 0 Å². The summed E-state index contributed by atoms with van der Waals surface area (Å²) in [6, 6.07) is 1.63. The van der Waals surface area contributed by atoms with Crippen LogP contribution in [0.2, 0.25) is 0 Å². The summed E-state index contributed by atoms with van der Waals surface area (Å²) in [5.74, 6) is 0.300. The third kappa shape index (κ3) is 5.45. The number of carbonyl (C=O) groups is 1. The fourth-order valence-electron chi connectivity index (χ4n) is 3.65. The Labute approximate surface area is 178 Å². The number of carbonyl (C=O) groups excluding carboxylic acids is 1. The summed E-state index contributed by atoms with van der Waals surface area (Å²) < 4.78 is 14.5. The van der Waals surface area contributed by atoms with E-state index in [1.165, 1.54) is 0 Å². The molecule has 5 nitrogen and oxygen atoms in total. The van der Waals surface area contributed by atoms with Crippen LogP contribution < -0.4 is 10.6 Å². The lowest BCUT2D eigenvalue weighted by molar-refractivity contribution is -0.122. The molecule has 0 spiro atoms. The molecule has 2 fully saturated rings. The van der Waals surface area contributed by atoms with Gasteiger partial charge < -0.3 is 15.5 Å². The Kier molecular flexibility index (Phi) is 7.21. The fraction of sp³-hybridized carbons (Fsp3) is 0.417. The van der Waals surface area contributed by atoms with E-state index in [1.54, 1.807) is 12.2 Å². The summed E-state index contributed by atoms with van der Waals surface area (Å²) in [7, 11) is 1.93. The lowest BCUT2D eigenvalue weighted by Crippen LogP contribution is -2.48. The number of hydrogen-bond donors (Lipinski definition) is 2. The Morgan fingerprint density at radius 1 is 1.33 bits per heavy atom. The van der Waals surface area contributed by atoms with Crippen LogP contribution in [-0.2, 0) is 4.79 Å². The van der Waals surface area contributed by atoms with Crippen molar-refractivity contribution < 1.29 is 9.18 Å². The number of likely N-dealkylation sites (tertiary alicyclic amines) is 1. The second-order valence-corrected chi connectivity index (χ2v) is 8.02. The zero-order chi connectivity index (χ0) is 21.7. The minimum absolute atomic E-state index is 0.110. The Morgan fingerprint density at radius 3 is 2.73 bits per heavy atom. The van der Waals surface area contributed by atoms with Gasteiger partial charge in [-0.1, -0.05) is 31.9 Å². The molecule has 1 aliphatic heterocycles. The SMILES string of the molecule is C=Cc1nc(/C=C/CNC(=O)C2CC2)cc(C(=C)NC2CCN(C)CC2F)c1C=C. The third-order valence-electron chi connectivity index (χ3n) is 5.57. The van der Waals surface area contributed by atoms with Crippen LogP contribution in [-0.4, -0.2) is 54.7 Å². The summed E-state index contributed by atoms with van der Waals surface area (Å²) in [5.41, 5.74) is 3.68. The molecule has 0 bridgehead atoms. The molecule has 1 amide bonds. The molecule has 1 aliphatic carbocycles. The summed E-state index contributed by atoms with van der Waals surface area (Å²) in [6.07, 6.45) is 8.85. The van der Waals surface area contributed by atoms with Crippen molar-refractivity contribution in [3.8, 4) is 0 Å². The minimum Gasteiger partial charge on any atom is -0.379 e. The van der Waals surface area contributed by atoms with Crippen LogP contribution in [0.4, 0.5) is 4.39 Å². The molecule has 1 saturated heterocycles. The van der Waals surface area contributed by atoms with E-state index in [4.69, 9.17) is 0 Å². The number of piperidine rings is 1. The van der Waals surface area contributed by atoms with E-state index in [-0.39, 0.29) is 17.9 Å². The maximum Gasteiger partial charge on any atom is 0.223 e. The average molecular weight is 411 g/mol. The molecule has 0 radical (unpaired) electrons.